The minimum atomic E-state index is -0.134. The molecule has 5 saturated carbocycles. The summed E-state index contributed by atoms with van der Waals surface area (Å²) in [6.07, 6.45) is 14.4. The van der Waals surface area contributed by atoms with E-state index in [0.717, 1.165) is 36.5 Å². The molecular formula is C32H51NO. The summed E-state index contributed by atoms with van der Waals surface area (Å²) < 4.78 is 0. The van der Waals surface area contributed by atoms with Crippen LogP contribution in [-0.2, 0) is 4.79 Å². The van der Waals surface area contributed by atoms with Gasteiger partial charge in [0.05, 0.1) is 0 Å². The van der Waals surface area contributed by atoms with Crippen molar-refractivity contribution in [2.24, 2.45) is 51.2 Å². The van der Waals surface area contributed by atoms with Gasteiger partial charge < -0.3 is 0 Å². The molecule has 0 amide bonds. The van der Waals surface area contributed by atoms with Crippen LogP contribution in [0, 0.1) is 51.2 Å². The first-order valence-corrected chi connectivity index (χ1v) is 14.8. The highest BCUT2D eigenvalue weighted by molar-refractivity contribution is 5.85. The van der Waals surface area contributed by atoms with E-state index >= 15 is 0 Å². The van der Waals surface area contributed by atoms with Gasteiger partial charge in [0.25, 0.3) is 0 Å². The third kappa shape index (κ3) is 2.82. The third-order valence-electron chi connectivity index (χ3n) is 14.0. The molecule has 5 aliphatic carbocycles. The van der Waals surface area contributed by atoms with Gasteiger partial charge in [0.2, 0.25) is 0 Å². The molecule has 2 heteroatoms. The summed E-state index contributed by atoms with van der Waals surface area (Å²) in [7, 11) is 0. The number of ketones is 1. The summed E-state index contributed by atoms with van der Waals surface area (Å²) in [4.78, 5) is 15.9. The smallest absolute Gasteiger partial charge is 0.138 e. The molecule has 6 fully saturated rings. The number of rotatable bonds is 3. The molecule has 0 aromatic heterocycles. The predicted octanol–water partition coefficient (Wildman–Crippen LogP) is 7.67. The van der Waals surface area contributed by atoms with E-state index in [0.29, 0.717) is 33.5 Å². The molecule has 0 aromatic rings. The maximum absolute atomic E-state index is 13.0. The topological polar surface area (TPSA) is 20.1 Å². The van der Waals surface area contributed by atoms with Crippen LogP contribution in [-0.4, -0.2) is 29.3 Å². The quantitative estimate of drug-likeness (QED) is 0.315. The Bertz CT molecular complexity index is 901. The second-order valence-corrected chi connectivity index (χ2v) is 15.4. The molecule has 1 saturated heterocycles. The molecule has 6 aliphatic rings. The molecule has 9 atom stereocenters. The van der Waals surface area contributed by atoms with E-state index in [9.17, 15) is 4.79 Å². The Labute approximate surface area is 209 Å². The molecule has 0 N–H and O–H groups in total. The zero-order valence-corrected chi connectivity index (χ0v) is 23.1. The zero-order valence-electron chi connectivity index (χ0n) is 23.1. The second kappa shape index (κ2) is 7.23. The maximum atomic E-state index is 13.0. The maximum Gasteiger partial charge on any atom is 0.138 e. The highest BCUT2D eigenvalue weighted by atomic mass is 16.1. The molecule has 6 rings (SSSR count). The van der Waals surface area contributed by atoms with Crippen molar-refractivity contribution < 1.29 is 4.79 Å². The fourth-order valence-corrected chi connectivity index (χ4v) is 12.2. The van der Waals surface area contributed by atoms with Gasteiger partial charge >= 0.3 is 0 Å². The van der Waals surface area contributed by atoms with Gasteiger partial charge in [0.1, 0.15) is 5.78 Å². The number of carbonyl (C=O) groups excluding carboxylic acids is 1. The van der Waals surface area contributed by atoms with Gasteiger partial charge in [0, 0.05) is 30.5 Å². The molecule has 0 spiro atoms. The van der Waals surface area contributed by atoms with Crippen molar-refractivity contribution >= 4 is 5.78 Å². The first kappa shape index (κ1) is 23.7. The lowest BCUT2D eigenvalue weighted by Crippen LogP contribution is -2.67. The lowest BCUT2D eigenvalue weighted by atomic mass is 9.32. The Morgan fingerprint density at radius 2 is 1.62 bits per heavy atom. The van der Waals surface area contributed by atoms with Crippen LogP contribution < -0.4 is 0 Å². The number of nitrogens with zero attached hydrogens (tertiary/aromatic N) is 1. The fourth-order valence-electron chi connectivity index (χ4n) is 12.2. The van der Waals surface area contributed by atoms with Gasteiger partial charge in [-0.2, -0.15) is 0 Å². The monoisotopic (exact) mass is 465 g/mol. The van der Waals surface area contributed by atoms with Crippen molar-refractivity contribution in [1.82, 2.24) is 4.90 Å². The number of hydrogen-bond acceptors (Lipinski definition) is 2. The molecule has 0 aromatic carbocycles. The van der Waals surface area contributed by atoms with E-state index in [1.807, 2.05) is 0 Å². The molecule has 0 bridgehead atoms. The summed E-state index contributed by atoms with van der Waals surface area (Å²) in [6.45, 7) is 22.0. The van der Waals surface area contributed by atoms with E-state index in [1.54, 1.807) is 0 Å². The van der Waals surface area contributed by atoms with Crippen molar-refractivity contribution in [3.8, 4) is 0 Å². The Kier molecular flexibility index (Phi) is 5.05. The standard InChI is InChI=1S/C32H51NO/c1-21(2)20-22-10-15-32(33-18-19-33)17-16-30(6)23(27(22)32)8-9-25-29(5)13-12-26(34)28(3,4)24(29)11-14-31(25,30)7/h22-25,27H,1,8-20H2,2-7H3/t22-,23+,24?,25?,27?,29-,30+,31+,32-/m0/s1. The van der Waals surface area contributed by atoms with Crippen molar-refractivity contribution in [3.63, 3.8) is 0 Å². The molecule has 34 heavy (non-hydrogen) atoms. The summed E-state index contributed by atoms with van der Waals surface area (Å²) in [6, 6.07) is 0. The molecule has 3 unspecified atom stereocenters. The number of Topliss-reactive ketones (excluding diaryl/α,β-unsaturated/α-hetero) is 1. The van der Waals surface area contributed by atoms with E-state index in [-0.39, 0.29) is 5.41 Å². The molecular weight excluding hydrogens is 414 g/mol. The van der Waals surface area contributed by atoms with Gasteiger partial charge in [-0.1, -0.05) is 40.2 Å². The second-order valence-electron chi connectivity index (χ2n) is 15.4. The summed E-state index contributed by atoms with van der Waals surface area (Å²) in [5, 5.41) is 0. The average Bonchev–Trinajstić information content (AvgIpc) is 3.55. The molecule has 190 valence electrons. The lowest BCUT2D eigenvalue weighted by molar-refractivity contribution is -0.232. The van der Waals surface area contributed by atoms with E-state index in [4.69, 9.17) is 0 Å². The number of hydrogen-bond donors (Lipinski definition) is 0. The molecule has 2 nitrogen and oxygen atoms in total. The normalized spacial score (nSPS) is 53.9. The third-order valence-corrected chi connectivity index (χ3v) is 14.0. The minimum absolute atomic E-state index is 0.134. The van der Waals surface area contributed by atoms with Crippen LogP contribution in [0.5, 0.6) is 0 Å². The van der Waals surface area contributed by atoms with Crippen LogP contribution >= 0.6 is 0 Å². The molecule has 1 heterocycles. The Hall–Kier alpha value is -0.630. The van der Waals surface area contributed by atoms with Crippen LogP contribution in [0.3, 0.4) is 0 Å². The Morgan fingerprint density at radius 3 is 2.29 bits per heavy atom. The summed E-state index contributed by atoms with van der Waals surface area (Å²) in [5.74, 6) is 4.48. The number of carbonyl (C=O) groups is 1. The van der Waals surface area contributed by atoms with E-state index < -0.39 is 0 Å². The zero-order chi connectivity index (χ0) is 24.3. The van der Waals surface area contributed by atoms with Gasteiger partial charge in [-0.3, -0.25) is 9.69 Å². The average molecular weight is 466 g/mol. The SMILES string of the molecule is C=C(C)C[C@@H]1CC[C@]2(N3CC3)CC[C@]3(C)[C@H](CCC4[C@@]5(C)CCC(=O)C(C)(C)C5CC[C@]43C)C12. The first-order valence-electron chi connectivity index (χ1n) is 14.8. The van der Waals surface area contributed by atoms with Crippen molar-refractivity contribution in [3.05, 3.63) is 12.2 Å². The predicted molar refractivity (Wildman–Crippen MR) is 140 cm³/mol. The first-order chi connectivity index (χ1) is 15.9. The van der Waals surface area contributed by atoms with Crippen LogP contribution in [0.1, 0.15) is 112 Å². The van der Waals surface area contributed by atoms with Gasteiger partial charge in [-0.05, 0) is 117 Å². The minimum Gasteiger partial charge on any atom is -0.299 e. The van der Waals surface area contributed by atoms with Crippen molar-refractivity contribution in [2.45, 2.75) is 118 Å². The highest BCUT2D eigenvalue weighted by Crippen LogP contribution is 2.76. The van der Waals surface area contributed by atoms with Gasteiger partial charge in [-0.25, -0.2) is 0 Å². The summed E-state index contributed by atoms with van der Waals surface area (Å²) in [5.41, 5.74) is 2.97. The highest BCUT2D eigenvalue weighted by Gasteiger charge is 2.71. The van der Waals surface area contributed by atoms with Crippen LogP contribution in [0.25, 0.3) is 0 Å². The number of allylic oxidation sites excluding steroid dienone is 1. The van der Waals surface area contributed by atoms with Gasteiger partial charge in [-0.15, -0.1) is 6.58 Å². The largest absolute Gasteiger partial charge is 0.299 e. The number of fused-ring (bicyclic) bond motifs is 7. The van der Waals surface area contributed by atoms with Crippen LogP contribution in [0.15, 0.2) is 12.2 Å². The molecule has 0 radical (unpaired) electrons. The van der Waals surface area contributed by atoms with Crippen molar-refractivity contribution in [2.75, 3.05) is 13.1 Å². The van der Waals surface area contributed by atoms with E-state index in [1.165, 1.54) is 76.5 Å². The Morgan fingerprint density at radius 1 is 0.882 bits per heavy atom. The Balaban J connectivity index is 1.39. The van der Waals surface area contributed by atoms with Crippen molar-refractivity contribution in [1.29, 1.82) is 0 Å². The lowest BCUT2D eigenvalue weighted by Gasteiger charge is -2.72. The van der Waals surface area contributed by atoms with Crippen LogP contribution in [0.2, 0.25) is 0 Å². The fraction of sp³-hybridized carbons (Fsp3) is 0.906. The van der Waals surface area contributed by atoms with Gasteiger partial charge in [0.15, 0.2) is 0 Å². The molecule has 1 aliphatic heterocycles. The summed E-state index contributed by atoms with van der Waals surface area (Å²) >= 11 is 0. The van der Waals surface area contributed by atoms with Crippen LogP contribution in [0.4, 0.5) is 0 Å². The van der Waals surface area contributed by atoms with E-state index in [2.05, 4.69) is 53.0 Å².